The van der Waals surface area contributed by atoms with Crippen molar-refractivity contribution < 1.29 is 8.78 Å². The fourth-order valence-corrected chi connectivity index (χ4v) is 1.54. The van der Waals surface area contributed by atoms with Crippen LogP contribution in [0.3, 0.4) is 0 Å². The van der Waals surface area contributed by atoms with Crippen LogP contribution in [0.2, 0.25) is 0 Å². The summed E-state index contributed by atoms with van der Waals surface area (Å²) in [5, 5.41) is 8.65. The van der Waals surface area contributed by atoms with Crippen LogP contribution >= 0.6 is 0 Å². The van der Waals surface area contributed by atoms with E-state index in [4.69, 9.17) is 5.26 Å². The van der Waals surface area contributed by atoms with Gasteiger partial charge in [-0.15, -0.1) is 0 Å². The lowest BCUT2D eigenvalue weighted by Gasteiger charge is -2.17. The van der Waals surface area contributed by atoms with Crippen LogP contribution in [-0.2, 0) is 0 Å². The van der Waals surface area contributed by atoms with E-state index in [1.54, 1.807) is 4.90 Å². The van der Waals surface area contributed by atoms with E-state index in [-0.39, 0.29) is 18.9 Å². The monoisotopic (exact) mass is 188 g/mol. The van der Waals surface area contributed by atoms with Crippen LogP contribution in [0.15, 0.2) is 0 Å². The van der Waals surface area contributed by atoms with Crippen molar-refractivity contribution in [2.75, 3.05) is 19.6 Å². The highest BCUT2D eigenvalue weighted by atomic mass is 19.3. The van der Waals surface area contributed by atoms with E-state index in [0.29, 0.717) is 13.1 Å². The second-order valence-electron chi connectivity index (χ2n) is 3.58. The summed E-state index contributed by atoms with van der Waals surface area (Å²) in [5.41, 5.74) is 0. The van der Waals surface area contributed by atoms with E-state index in [9.17, 15) is 8.78 Å². The van der Waals surface area contributed by atoms with Crippen molar-refractivity contribution in [3.63, 3.8) is 0 Å². The van der Waals surface area contributed by atoms with Gasteiger partial charge in [-0.25, -0.2) is 8.78 Å². The van der Waals surface area contributed by atoms with Gasteiger partial charge in [0.25, 0.3) is 5.92 Å². The van der Waals surface area contributed by atoms with Crippen LogP contribution in [0.5, 0.6) is 0 Å². The number of nitrogens with zero attached hydrogens (tertiary/aromatic N) is 2. The first-order valence-electron chi connectivity index (χ1n) is 4.57. The molecule has 0 bridgehead atoms. The van der Waals surface area contributed by atoms with E-state index in [1.807, 2.05) is 6.92 Å². The number of halogens is 2. The minimum Gasteiger partial charge on any atom is -0.296 e. The Morgan fingerprint density at radius 1 is 1.62 bits per heavy atom. The zero-order valence-corrected chi connectivity index (χ0v) is 7.76. The molecule has 0 saturated carbocycles. The van der Waals surface area contributed by atoms with Gasteiger partial charge in [-0.05, 0) is 6.42 Å². The molecule has 1 unspecified atom stereocenters. The summed E-state index contributed by atoms with van der Waals surface area (Å²) in [7, 11) is 0. The molecule has 1 saturated heterocycles. The molecule has 0 amide bonds. The molecule has 74 valence electrons. The van der Waals surface area contributed by atoms with Crippen molar-refractivity contribution in [2.45, 2.75) is 25.7 Å². The Balaban J connectivity index is 2.36. The zero-order chi connectivity index (χ0) is 9.90. The third kappa shape index (κ3) is 2.92. The van der Waals surface area contributed by atoms with Gasteiger partial charge in [0, 0.05) is 19.5 Å². The summed E-state index contributed by atoms with van der Waals surface area (Å²) in [4.78, 5) is 1.68. The van der Waals surface area contributed by atoms with Gasteiger partial charge in [0.1, 0.15) is 0 Å². The van der Waals surface area contributed by atoms with Crippen molar-refractivity contribution in [1.29, 1.82) is 5.26 Å². The molecular weight excluding hydrogens is 174 g/mol. The Hall–Kier alpha value is -0.690. The molecule has 1 aliphatic heterocycles. The quantitative estimate of drug-likeness (QED) is 0.676. The van der Waals surface area contributed by atoms with E-state index in [1.165, 1.54) is 0 Å². The molecule has 4 heteroatoms. The maximum atomic E-state index is 12.7. The summed E-state index contributed by atoms with van der Waals surface area (Å²) in [6.45, 7) is 2.64. The molecule has 1 fully saturated rings. The maximum absolute atomic E-state index is 12.7. The highest BCUT2D eigenvalue weighted by molar-refractivity contribution is 4.88. The molecule has 1 aliphatic rings. The van der Waals surface area contributed by atoms with E-state index in [2.05, 4.69) is 6.07 Å². The molecule has 0 radical (unpaired) electrons. The Morgan fingerprint density at radius 3 is 2.69 bits per heavy atom. The van der Waals surface area contributed by atoms with Gasteiger partial charge in [-0.3, -0.25) is 4.90 Å². The van der Waals surface area contributed by atoms with Crippen LogP contribution in [-0.4, -0.2) is 30.5 Å². The second kappa shape index (κ2) is 4.01. The van der Waals surface area contributed by atoms with Gasteiger partial charge in [-0.2, -0.15) is 5.26 Å². The smallest absolute Gasteiger partial charge is 0.261 e. The highest BCUT2D eigenvalue weighted by Crippen LogP contribution is 2.27. The molecule has 0 aromatic carbocycles. The van der Waals surface area contributed by atoms with Crippen molar-refractivity contribution in [1.82, 2.24) is 4.90 Å². The summed E-state index contributed by atoms with van der Waals surface area (Å²) >= 11 is 0. The van der Waals surface area contributed by atoms with Gasteiger partial charge in [0.05, 0.1) is 18.5 Å². The predicted molar refractivity (Wildman–Crippen MR) is 45.4 cm³/mol. The molecule has 0 aliphatic carbocycles. The predicted octanol–water partition coefficient (Wildman–Crippen LogP) is 1.88. The van der Waals surface area contributed by atoms with Crippen LogP contribution in [0.1, 0.15) is 19.8 Å². The highest BCUT2D eigenvalue weighted by Gasteiger charge is 2.38. The Bertz CT molecular complexity index is 210. The Labute approximate surface area is 77.1 Å². The zero-order valence-electron chi connectivity index (χ0n) is 7.76. The average molecular weight is 188 g/mol. The lowest BCUT2D eigenvalue weighted by atomic mass is 10.1. The molecule has 1 heterocycles. The van der Waals surface area contributed by atoms with Crippen molar-refractivity contribution in [3.05, 3.63) is 0 Å². The molecule has 1 rings (SSSR count). The molecule has 0 N–H and O–H groups in total. The summed E-state index contributed by atoms with van der Waals surface area (Å²) < 4.78 is 25.5. The average Bonchev–Trinajstić information content (AvgIpc) is 2.41. The van der Waals surface area contributed by atoms with Crippen LogP contribution in [0, 0.1) is 17.2 Å². The minimum atomic E-state index is -2.53. The Morgan fingerprint density at radius 2 is 2.31 bits per heavy atom. The first-order valence-corrected chi connectivity index (χ1v) is 4.57. The second-order valence-corrected chi connectivity index (χ2v) is 3.58. The summed E-state index contributed by atoms with van der Waals surface area (Å²) in [5.74, 6) is -2.64. The summed E-state index contributed by atoms with van der Waals surface area (Å²) in [6, 6.07) is 2.12. The van der Waals surface area contributed by atoms with Crippen LogP contribution in [0.4, 0.5) is 8.78 Å². The van der Waals surface area contributed by atoms with Crippen LogP contribution < -0.4 is 0 Å². The fourth-order valence-electron chi connectivity index (χ4n) is 1.54. The van der Waals surface area contributed by atoms with E-state index >= 15 is 0 Å². The van der Waals surface area contributed by atoms with Crippen molar-refractivity contribution in [2.24, 2.45) is 5.92 Å². The number of hydrogen-bond acceptors (Lipinski definition) is 2. The molecule has 13 heavy (non-hydrogen) atoms. The number of rotatable bonds is 3. The van der Waals surface area contributed by atoms with Gasteiger partial charge >= 0.3 is 0 Å². The SMILES string of the molecule is CCC(C#N)CN1CCC(F)(F)C1. The number of likely N-dealkylation sites (tertiary alicyclic amines) is 1. The van der Waals surface area contributed by atoms with E-state index in [0.717, 1.165) is 6.42 Å². The molecule has 2 nitrogen and oxygen atoms in total. The lowest BCUT2D eigenvalue weighted by molar-refractivity contribution is 0.0114. The first-order chi connectivity index (χ1) is 6.07. The minimum absolute atomic E-state index is 0.0607. The first kappa shape index (κ1) is 10.4. The Kier molecular flexibility index (Phi) is 3.21. The standard InChI is InChI=1S/C9H14F2N2/c1-2-8(5-12)6-13-4-3-9(10,11)7-13/h8H,2-4,6-7H2,1H3. The lowest BCUT2D eigenvalue weighted by Crippen LogP contribution is -2.29. The van der Waals surface area contributed by atoms with Crippen molar-refractivity contribution in [3.8, 4) is 6.07 Å². The number of nitriles is 1. The van der Waals surface area contributed by atoms with Crippen molar-refractivity contribution >= 4 is 0 Å². The molecular formula is C9H14F2N2. The van der Waals surface area contributed by atoms with Crippen LogP contribution in [0.25, 0.3) is 0 Å². The number of hydrogen-bond donors (Lipinski definition) is 0. The molecule has 0 aromatic rings. The van der Waals surface area contributed by atoms with E-state index < -0.39 is 5.92 Å². The largest absolute Gasteiger partial charge is 0.296 e. The fraction of sp³-hybridized carbons (Fsp3) is 0.889. The molecule has 0 aromatic heterocycles. The van der Waals surface area contributed by atoms with Gasteiger partial charge in [0.15, 0.2) is 0 Å². The van der Waals surface area contributed by atoms with Gasteiger partial charge in [-0.1, -0.05) is 6.92 Å². The van der Waals surface area contributed by atoms with Gasteiger partial charge in [0.2, 0.25) is 0 Å². The summed E-state index contributed by atoms with van der Waals surface area (Å²) in [6.07, 6.45) is 0.674. The molecule has 0 spiro atoms. The third-order valence-electron chi connectivity index (χ3n) is 2.40. The molecule has 1 atom stereocenters. The topological polar surface area (TPSA) is 27.0 Å². The van der Waals surface area contributed by atoms with Gasteiger partial charge < -0.3 is 0 Å². The number of alkyl halides is 2. The normalized spacial score (nSPS) is 24.2. The maximum Gasteiger partial charge on any atom is 0.261 e. The third-order valence-corrected chi connectivity index (χ3v) is 2.40.